The molecule has 0 bridgehead atoms. The highest BCUT2D eigenvalue weighted by molar-refractivity contribution is 5.27. The average molecular weight is 248 g/mol. The van der Waals surface area contributed by atoms with Crippen LogP contribution in [0.15, 0.2) is 10.6 Å². The molecule has 2 fully saturated rings. The zero-order chi connectivity index (χ0) is 13.0. The van der Waals surface area contributed by atoms with Crippen LogP contribution in [0.1, 0.15) is 58.1 Å². The molecule has 0 saturated heterocycles. The van der Waals surface area contributed by atoms with Crippen molar-refractivity contribution in [3.8, 4) is 0 Å². The minimum Gasteiger partial charge on any atom is -0.445 e. The summed E-state index contributed by atoms with van der Waals surface area (Å²) < 4.78 is 5.93. The van der Waals surface area contributed by atoms with Crippen molar-refractivity contribution < 1.29 is 4.42 Å². The molecule has 0 aromatic carbocycles. The molecule has 100 valence electrons. The Balaban J connectivity index is 1.60. The highest BCUT2D eigenvalue weighted by atomic mass is 16.4. The highest BCUT2D eigenvalue weighted by Gasteiger charge is 2.66. The molecular formula is C15H24N2O. The quantitative estimate of drug-likeness (QED) is 0.870. The molecule has 1 aromatic rings. The number of hydrogen-bond donors (Lipinski definition) is 1. The molecule has 2 aliphatic carbocycles. The Kier molecular flexibility index (Phi) is 2.60. The van der Waals surface area contributed by atoms with Crippen LogP contribution in [0.5, 0.6) is 0 Å². The molecule has 0 radical (unpaired) electrons. The Bertz CT molecular complexity index is 429. The van der Waals surface area contributed by atoms with E-state index in [0.717, 1.165) is 30.7 Å². The minimum absolute atomic E-state index is 0.329. The van der Waals surface area contributed by atoms with Crippen molar-refractivity contribution >= 4 is 0 Å². The van der Waals surface area contributed by atoms with E-state index in [-0.39, 0.29) is 0 Å². The smallest absolute Gasteiger partial charge is 0.195 e. The van der Waals surface area contributed by atoms with Crippen LogP contribution in [0.25, 0.3) is 0 Å². The number of nitrogens with one attached hydrogen (secondary N) is 1. The third kappa shape index (κ3) is 1.89. The van der Waals surface area contributed by atoms with Crippen LogP contribution in [-0.4, -0.2) is 17.6 Å². The molecule has 3 heteroatoms. The van der Waals surface area contributed by atoms with Crippen molar-refractivity contribution in [2.45, 2.75) is 58.9 Å². The summed E-state index contributed by atoms with van der Waals surface area (Å²) in [6, 6.07) is 0.765. The first-order valence-electron chi connectivity index (χ1n) is 7.11. The maximum absolute atomic E-state index is 5.93. The fraction of sp³-hybridized carbons (Fsp3) is 0.800. The van der Waals surface area contributed by atoms with Crippen LogP contribution in [0.4, 0.5) is 0 Å². The van der Waals surface area contributed by atoms with E-state index in [1.54, 1.807) is 0 Å². The Labute approximate surface area is 109 Å². The van der Waals surface area contributed by atoms with E-state index >= 15 is 0 Å². The second-order valence-electron chi connectivity index (χ2n) is 7.01. The normalized spacial score (nSPS) is 25.3. The molecule has 2 aliphatic rings. The average Bonchev–Trinajstić information content (AvgIpc) is 3.08. The van der Waals surface area contributed by atoms with Gasteiger partial charge in [0.1, 0.15) is 5.76 Å². The molecule has 2 saturated carbocycles. The van der Waals surface area contributed by atoms with Crippen molar-refractivity contribution in [2.75, 3.05) is 6.54 Å². The SMILES string of the molecule is CC1(C)C(c2cnc(CCNC3CC3)o2)C1(C)C. The Morgan fingerprint density at radius 3 is 2.50 bits per heavy atom. The number of oxazole rings is 1. The summed E-state index contributed by atoms with van der Waals surface area (Å²) >= 11 is 0. The van der Waals surface area contributed by atoms with E-state index in [4.69, 9.17) is 4.42 Å². The first-order chi connectivity index (χ1) is 8.43. The van der Waals surface area contributed by atoms with Crippen molar-refractivity contribution in [1.82, 2.24) is 10.3 Å². The van der Waals surface area contributed by atoms with E-state index in [1.807, 2.05) is 6.20 Å². The second kappa shape index (κ2) is 3.83. The molecule has 18 heavy (non-hydrogen) atoms. The van der Waals surface area contributed by atoms with E-state index in [0.29, 0.717) is 16.7 Å². The zero-order valence-electron chi connectivity index (χ0n) is 11.9. The first kappa shape index (κ1) is 12.2. The summed E-state index contributed by atoms with van der Waals surface area (Å²) in [7, 11) is 0. The topological polar surface area (TPSA) is 38.1 Å². The lowest BCUT2D eigenvalue weighted by Crippen LogP contribution is -2.19. The summed E-state index contributed by atoms with van der Waals surface area (Å²) in [5.41, 5.74) is 0.659. The van der Waals surface area contributed by atoms with Crippen molar-refractivity contribution in [3.05, 3.63) is 17.8 Å². The Hall–Kier alpha value is -0.830. The van der Waals surface area contributed by atoms with Gasteiger partial charge in [0.05, 0.1) is 6.20 Å². The Morgan fingerprint density at radius 1 is 1.28 bits per heavy atom. The van der Waals surface area contributed by atoms with Gasteiger partial charge < -0.3 is 9.73 Å². The van der Waals surface area contributed by atoms with Gasteiger partial charge in [-0.3, -0.25) is 0 Å². The number of aromatic nitrogens is 1. The summed E-state index contributed by atoms with van der Waals surface area (Å²) in [6.45, 7) is 10.2. The second-order valence-corrected chi connectivity index (χ2v) is 7.01. The van der Waals surface area contributed by atoms with E-state index in [2.05, 4.69) is 38.0 Å². The molecule has 0 spiro atoms. The lowest BCUT2D eigenvalue weighted by Gasteiger charge is -2.03. The summed E-state index contributed by atoms with van der Waals surface area (Å²) in [5.74, 6) is 2.48. The lowest BCUT2D eigenvalue weighted by molar-refractivity contribution is 0.433. The van der Waals surface area contributed by atoms with Crippen LogP contribution in [0.2, 0.25) is 0 Å². The molecule has 1 N–H and O–H groups in total. The molecule has 1 aromatic heterocycles. The van der Waals surface area contributed by atoms with Gasteiger partial charge in [-0.2, -0.15) is 0 Å². The predicted octanol–water partition coefficient (Wildman–Crippen LogP) is 3.12. The van der Waals surface area contributed by atoms with Gasteiger partial charge in [-0.25, -0.2) is 4.98 Å². The third-order valence-corrected chi connectivity index (χ3v) is 5.23. The number of hydrogen-bond acceptors (Lipinski definition) is 3. The van der Waals surface area contributed by atoms with E-state index < -0.39 is 0 Å². The molecule has 0 atom stereocenters. The largest absolute Gasteiger partial charge is 0.445 e. The van der Waals surface area contributed by atoms with Crippen LogP contribution in [0.3, 0.4) is 0 Å². The maximum Gasteiger partial charge on any atom is 0.195 e. The molecule has 1 heterocycles. The van der Waals surface area contributed by atoms with Crippen molar-refractivity contribution in [2.24, 2.45) is 10.8 Å². The highest BCUT2D eigenvalue weighted by Crippen LogP contribution is 2.73. The van der Waals surface area contributed by atoms with Crippen LogP contribution in [-0.2, 0) is 6.42 Å². The van der Waals surface area contributed by atoms with E-state index in [9.17, 15) is 0 Å². The van der Waals surface area contributed by atoms with Gasteiger partial charge in [0.15, 0.2) is 5.89 Å². The van der Waals surface area contributed by atoms with Crippen LogP contribution >= 0.6 is 0 Å². The first-order valence-corrected chi connectivity index (χ1v) is 7.11. The minimum atomic E-state index is 0.329. The van der Waals surface area contributed by atoms with Crippen molar-refractivity contribution in [1.29, 1.82) is 0 Å². The van der Waals surface area contributed by atoms with Gasteiger partial charge in [-0.05, 0) is 23.7 Å². The molecule has 0 aliphatic heterocycles. The van der Waals surface area contributed by atoms with Gasteiger partial charge in [-0.15, -0.1) is 0 Å². The van der Waals surface area contributed by atoms with E-state index in [1.165, 1.54) is 12.8 Å². The number of nitrogens with zero attached hydrogens (tertiary/aromatic N) is 1. The maximum atomic E-state index is 5.93. The van der Waals surface area contributed by atoms with Gasteiger partial charge in [-0.1, -0.05) is 27.7 Å². The molecule has 3 nitrogen and oxygen atoms in total. The van der Waals surface area contributed by atoms with Gasteiger partial charge >= 0.3 is 0 Å². The zero-order valence-corrected chi connectivity index (χ0v) is 11.9. The fourth-order valence-corrected chi connectivity index (χ4v) is 3.15. The third-order valence-electron chi connectivity index (χ3n) is 5.23. The van der Waals surface area contributed by atoms with Crippen LogP contribution in [0, 0.1) is 10.8 Å². The summed E-state index contributed by atoms with van der Waals surface area (Å²) in [5, 5.41) is 3.49. The standard InChI is InChI=1S/C15H24N2O/c1-14(2)13(15(14,3)4)11-9-17-12(18-11)7-8-16-10-5-6-10/h9-10,13,16H,5-8H2,1-4H3. The molecular weight excluding hydrogens is 224 g/mol. The fourth-order valence-electron chi connectivity index (χ4n) is 3.15. The van der Waals surface area contributed by atoms with Gasteiger partial charge in [0.2, 0.25) is 0 Å². The molecule has 0 unspecified atom stereocenters. The van der Waals surface area contributed by atoms with Crippen molar-refractivity contribution in [3.63, 3.8) is 0 Å². The monoisotopic (exact) mass is 248 g/mol. The molecule has 3 rings (SSSR count). The predicted molar refractivity (Wildman–Crippen MR) is 71.5 cm³/mol. The van der Waals surface area contributed by atoms with Gasteiger partial charge in [0, 0.05) is 24.9 Å². The molecule has 0 amide bonds. The summed E-state index contributed by atoms with van der Waals surface area (Å²) in [4.78, 5) is 4.42. The Morgan fingerprint density at radius 2 is 1.94 bits per heavy atom. The lowest BCUT2D eigenvalue weighted by atomic mass is 10.0. The van der Waals surface area contributed by atoms with Crippen LogP contribution < -0.4 is 5.32 Å². The number of rotatable bonds is 5. The summed E-state index contributed by atoms with van der Waals surface area (Å²) in [6.07, 6.45) is 5.51. The van der Waals surface area contributed by atoms with Gasteiger partial charge in [0.25, 0.3) is 0 Å².